The lowest BCUT2D eigenvalue weighted by Gasteiger charge is -2.25. The number of hydrogen-bond acceptors (Lipinski definition) is 3. The maximum Gasteiger partial charge on any atom is 0.335 e. The zero-order valence-electron chi connectivity index (χ0n) is 10.9. The van der Waals surface area contributed by atoms with Crippen LogP contribution in [0, 0.1) is 5.92 Å². The van der Waals surface area contributed by atoms with Crippen LogP contribution in [0.5, 0.6) is 0 Å². The number of halogens is 1. The minimum Gasteiger partial charge on any atom is -0.478 e. The van der Waals surface area contributed by atoms with E-state index in [1.165, 1.54) is 12.1 Å². The average molecular weight is 341 g/mol. The molecule has 1 aliphatic carbocycles. The van der Waals surface area contributed by atoms with Gasteiger partial charge in [0.1, 0.15) is 0 Å². The fourth-order valence-electron chi connectivity index (χ4n) is 2.37. The Morgan fingerprint density at radius 3 is 2.50 bits per heavy atom. The van der Waals surface area contributed by atoms with Crippen molar-refractivity contribution in [3.8, 4) is 0 Å². The third kappa shape index (κ3) is 3.58. The Bertz CT molecular complexity index is 525. The molecule has 4 N–H and O–H groups in total. The summed E-state index contributed by atoms with van der Waals surface area (Å²) in [6.07, 6.45) is 3.27. The van der Waals surface area contributed by atoms with E-state index in [0.29, 0.717) is 10.2 Å². The van der Waals surface area contributed by atoms with Crippen LogP contribution in [0.2, 0.25) is 0 Å². The van der Waals surface area contributed by atoms with Crippen LogP contribution in [-0.2, 0) is 4.79 Å². The number of anilines is 1. The van der Waals surface area contributed by atoms with Gasteiger partial charge in [-0.15, -0.1) is 0 Å². The second-order valence-corrected chi connectivity index (χ2v) is 5.96. The van der Waals surface area contributed by atoms with Gasteiger partial charge in [-0.25, -0.2) is 4.79 Å². The molecule has 0 radical (unpaired) electrons. The Morgan fingerprint density at radius 1 is 1.25 bits per heavy atom. The third-order valence-corrected chi connectivity index (χ3v) is 4.31. The van der Waals surface area contributed by atoms with Crippen LogP contribution < -0.4 is 11.1 Å². The first kappa shape index (κ1) is 15.0. The van der Waals surface area contributed by atoms with Gasteiger partial charge < -0.3 is 16.2 Å². The molecule has 5 nitrogen and oxygen atoms in total. The van der Waals surface area contributed by atoms with Crippen LogP contribution in [0.15, 0.2) is 22.7 Å². The first-order valence-electron chi connectivity index (χ1n) is 6.56. The van der Waals surface area contributed by atoms with Crippen LogP contribution in [0.4, 0.5) is 5.69 Å². The molecule has 108 valence electrons. The third-order valence-electron chi connectivity index (χ3n) is 3.61. The monoisotopic (exact) mass is 340 g/mol. The molecule has 0 aliphatic heterocycles. The van der Waals surface area contributed by atoms with Crippen LogP contribution in [-0.4, -0.2) is 23.0 Å². The van der Waals surface area contributed by atoms with E-state index in [1.54, 1.807) is 6.07 Å². The van der Waals surface area contributed by atoms with Crippen LogP contribution in [0.25, 0.3) is 0 Å². The molecule has 0 heterocycles. The van der Waals surface area contributed by atoms with Crippen molar-refractivity contribution in [1.82, 2.24) is 0 Å². The molecule has 0 aromatic heterocycles. The Labute approximate surface area is 125 Å². The van der Waals surface area contributed by atoms with Gasteiger partial charge in [-0.2, -0.15) is 0 Å². The quantitative estimate of drug-likeness (QED) is 0.788. The van der Waals surface area contributed by atoms with Gasteiger partial charge in [-0.1, -0.05) is 0 Å². The van der Waals surface area contributed by atoms with Gasteiger partial charge in [0.05, 0.1) is 11.3 Å². The molecule has 2 rings (SSSR count). The average Bonchev–Trinajstić information content (AvgIpc) is 2.41. The number of nitrogens with one attached hydrogen (secondary N) is 1. The number of carbonyl (C=O) groups is 2. The van der Waals surface area contributed by atoms with Crippen LogP contribution >= 0.6 is 15.9 Å². The molecule has 0 atom stereocenters. The number of rotatable bonds is 3. The summed E-state index contributed by atoms with van der Waals surface area (Å²) in [6.45, 7) is 0. The lowest BCUT2D eigenvalue weighted by atomic mass is 9.86. The van der Waals surface area contributed by atoms with Crippen molar-refractivity contribution >= 4 is 33.5 Å². The van der Waals surface area contributed by atoms with E-state index >= 15 is 0 Å². The largest absolute Gasteiger partial charge is 0.478 e. The highest BCUT2D eigenvalue weighted by atomic mass is 79.9. The molecule has 6 heteroatoms. The number of benzene rings is 1. The fraction of sp³-hybridized carbons (Fsp3) is 0.429. The highest BCUT2D eigenvalue weighted by Crippen LogP contribution is 2.28. The molecule has 0 spiro atoms. The number of amides is 1. The van der Waals surface area contributed by atoms with Crippen molar-refractivity contribution < 1.29 is 14.7 Å². The van der Waals surface area contributed by atoms with E-state index in [-0.39, 0.29) is 23.4 Å². The summed E-state index contributed by atoms with van der Waals surface area (Å²) in [7, 11) is 0. The number of hydrogen-bond donors (Lipinski definition) is 3. The SMILES string of the molecule is NC1CCC(C(=O)Nc2cc(C(=O)O)ccc2Br)CC1. The van der Waals surface area contributed by atoms with E-state index in [1.807, 2.05) is 0 Å². The Kier molecular flexibility index (Phi) is 4.77. The Hall–Kier alpha value is -1.40. The summed E-state index contributed by atoms with van der Waals surface area (Å²) in [6, 6.07) is 4.76. The Balaban J connectivity index is 2.07. The molecule has 1 amide bonds. The molecule has 1 saturated carbocycles. The van der Waals surface area contributed by atoms with Gasteiger partial charge >= 0.3 is 5.97 Å². The standard InChI is InChI=1S/C14H17BrN2O3/c15-11-6-3-9(14(19)20)7-12(11)17-13(18)8-1-4-10(16)5-2-8/h3,6-8,10H,1-2,4-5,16H2,(H,17,18)(H,19,20). The highest BCUT2D eigenvalue weighted by molar-refractivity contribution is 9.10. The first-order valence-corrected chi connectivity index (χ1v) is 7.36. The number of carboxylic acids is 1. The van der Waals surface area contributed by atoms with E-state index in [2.05, 4.69) is 21.2 Å². The van der Waals surface area contributed by atoms with Crippen molar-refractivity contribution in [1.29, 1.82) is 0 Å². The summed E-state index contributed by atoms with van der Waals surface area (Å²) in [5, 5.41) is 11.8. The maximum absolute atomic E-state index is 12.2. The van der Waals surface area contributed by atoms with Crippen molar-refractivity contribution in [2.45, 2.75) is 31.7 Å². The molecule has 1 fully saturated rings. The van der Waals surface area contributed by atoms with Crippen LogP contribution in [0.1, 0.15) is 36.0 Å². The summed E-state index contributed by atoms with van der Waals surface area (Å²) in [5.41, 5.74) is 6.46. The molecule has 20 heavy (non-hydrogen) atoms. The summed E-state index contributed by atoms with van der Waals surface area (Å²) in [5.74, 6) is -1.13. The topological polar surface area (TPSA) is 92.4 Å². The normalized spacial score (nSPS) is 22.3. The molecule has 0 bridgehead atoms. The number of carboxylic acid groups (broad SMARTS) is 1. The first-order chi connectivity index (χ1) is 9.47. The molecule has 1 aliphatic rings. The number of nitrogens with two attached hydrogens (primary N) is 1. The van der Waals surface area contributed by atoms with Gasteiger partial charge in [0.25, 0.3) is 0 Å². The lowest BCUT2D eigenvalue weighted by Crippen LogP contribution is -2.32. The second kappa shape index (κ2) is 6.37. The van der Waals surface area contributed by atoms with Crippen molar-refractivity contribution in [2.75, 3.05) is 5.32 Å². The second-order valence-electron chi connectivity index (χ2n) is 5.10. The predicted molar refractivity (Wildman–Crippen MR) is 79.7 cm³/mol. The zero-order valence-corrected chi connectivity index (χ0v) is 12.5. The minimum atomic E-state index is -1.02. The summed E-state index contributed by atoms with van der Waals surface area (Å²) in [4.78, 5) is 23.1. The van der Waals surface area contributed by atoms with Crippen molar-refractivity contribution in [3.63, 3.8) is 0 Å². The van der Waals surface area contributed by atoms with E-state index in [4.69, 9.17) is 10.8 Å². The Morgan fingerprint density at radius 2 is 1.90 bits per heavy atom. The minimum absolute atomic E-state index is 0.0461. The van der Waals surface area contributed by atoms with E-state index in [9.17, 15) is 9.59 Å². The molecule has 1 aromatic rings. The van der Waals surface area contributed by atoms with Gasteiger partial charge in [-0.05, 0) is 59.8 Å². The maximum atomic E-state index is 12.2. The molecule has 0 saturated heterocycles. The van der Waals surface area contributed by atoms with Gasteiger partial charge in [0.15, 0.2) is 0 Å². The van der Waals surface area contributed by atoms with Gasteiger partial charge in [0, 0.05) is 16.4 Å². The highest BCUT2D eigenvalue weighted by Gasteiger charge is 2.25. The summed E-state index contributed by atoms with van der Waals surface area (Å²) < 4.78 is 0.670. The smallest absolute Gasteiger partial charge is 0.335 e. The predicted octanol–water partition coefficient (Wildman–Crippen LogP) is 2.60. The van der Waals surface area contributed by atoms with Gasteiger partial charge in [-0.3, -0.25) is 4.79 Å². The molecule has 0 unspecified atom stereocenters. The van der Waals surface area contributed by atoms with Gasteiger partial charge in [0.2, 0.25) is 5.91 Å². The fourth-order valence-corrected chi connectivity index (χ4v) is 2.72. The van der Waals surface area contributed by atoms with E-state index in [0.717, 1.165) is 25.7 Å². The van der Waals surface area contributed by atoms with Crippen molar-refractivity contribution in [3.05, 3.63) is 28.2 Å². The van der Waals surface area contributed by atoms with Crippen molar-refractivity contribution in [2.24, 2.45) is 11.7 Å². The number of carbonyl (C=O) groups excluding carboxylic acids is 1. The molecular formula is C14H17BrN2O3. The summed E-state index contributed by atoms with van der Waals surface area (Å²) >= 11 is 3.31. The number of aromatic carboxylic acids is 1. The van der Waals surface area contributed by atoms with E-state index < -0.39 is 5.97 Å². The van der Waals surface area contributed by atoms with Crippen LogP contribution in [0.3, 0.4) is 0 Å². The molecule has 1 aromatic carbocycles. The molecular weight excluding hydrogens is 324 g/mol. The zero-order chi connectivity index (χ0) is 14.7. The lowest BCUT2D eigenvalue weighted by molar-refractivity contribution is -0.120.